The van der Waals surface area contributed by atoms with Crippen LogP contribution in [0.2, 0.25) is 0 Å². The summed E-state index contributed by atoms with van der Waals surface area (Å²) in [4.78, 5) is 20.4. The monoisotopic (exact) mass is 167 g/mol. The molecule has 0 spiro atoms. The van der Waals surface area contributed by atoms with Crippen LogP contribution in [-0.2, 0) is 0 Å². The van der Waals surface area contributed by atoms with Gasteiger partial charge in [0.2, 0.25) is 0 Å². The minimum Gasteiger partial charge on any atom is -0.508 e. The van der Waals surface area contributed by atoms with E-state index in [2.05, 4.69) is 5.18 Å². The molecule has 5 heteroatoms. The van der Waals surface area contributed by atoms with Crippen molar-refractivity contribution in [2.45, 2.75) is 0 Å². The molecule has 0 atom stereocenters. The second-order valence-electron chi connectivity index (χ2n) is 2.10. The molecule has 0 aliphatic heterocycles. The minimum atomic E-state index is -1.11. The Morgan fingerprint density at radius 3 is 2.58 bits per heavy atom. The van der Waals surface area contributed by atoms with Crippen molar-refractivity contribution in [1.82, 2.24) is 0 Å². The molecular weight excluding hydrogens is 162 g/mol. The molecule has 0 aliphatic carbocycles. The maximum atomic E-state index is 10.6. The summed E-state index contributed by atoms with van der Waals surface area (Å²) in [7, 11) is 0. The van der Waals surface area contributed by atoms with Gasteiger partial charge in [0.25, 0.3) is 0 Å². The standard InChI is InChI=1S/C7H5NO4/c9-4-1-2-6(10)5(3-4)7(11)8-12/h1-3,9-10H. The average molecular weight is 167 g/mol. The molecule has 0 aliphatic rings. The van der Waals surface area contributed by atoms with Crippen LogP contribution in [0.15, 0.2) is 23.4 Å². The summed E-state index contributed by atoms with van der Waals surface area (Å²) < 4.78 is 0. The summed E-state index contributed by atoms with van der Waals surface area (Å²) in [5, 5.41) is 20.0. The Balaban J connectivity index is 3.22. The van der Waals surface area contributed by atoms with E-state index < -0.39 is 5.91 Å². The molecule has 0 saturated heterocycles. The smallest absolute Gasteiger partial charge is 0.320 e. The van der Waals surface area contributed by atoms with Crippen molar-refractivity contribution in [2.75, 3.05) is 0 Å². The quantitative estimate of drug-likeness (QED) is 0.482. The Hall–Kier alpha value is -1.91. The van der Waals surface area contributed by atoms with Gasteiger partial charge in [0, 0.05) is 5.18 Å². The molecule has 1 rings (SSSR count). The van der Waals surface area contributed by atoms with E-state index >= 15 is 0 Å². The summed E-state index contributed by atoms with van der Waals surface area (Å²) >= 11 is 0. The van der Waals surface area contributed by atoms with Crippen LogP contribution in [0.1, 0.15) is 10.4 Å². The van der Waals surface area contributed by atoms with Crippen molar-refractivity contribution in [2.24, 2.45) is 5.18 Å². The number of hydrogen-bond donors (Lipinski definition) is 2. The van der Waals surface area contributed by atoms with E-state index in [0.717, 1.165) is 12.1 Å². The molecule has 0 unspecified atom stereocenters. The number of rotatable bonds is 1. The third-order valence-corrected chi connectivity index (χ3v) is 1.29. The van der Waals surface area contributed by atoms with Gasteiger partial charge in [-0.1, -0.05) is 0 Å². The van der Waals surface area contributed by atoms with Gasteiger partial charge in [-0.25, -0.2) is 0 Å². The third kappa shape index (κ3) is 1.39. The zero-order valence-electron chi connectivity index (χ0n) is 5.89. The number of carbonyl (C=O) groups excluding carboxylic acids is 1. The predicted octanol–water partition coefficient (Wildman–Crippen LogP) is 1.00. The summed E-state index contributed by atoms with van der Waals surface area (Å²) in [6.45, 7) is 0. The van der Waals surface area contributed by atoms with Crippen molar-refractivity contribution in [3.63, 3.8) is 0 Å². The number of nitrogens with zero attached hydrogens (tertiary/aromatic N) is 1. The highest BCUT2D eigenvalue weighted by Crippen LogP contribution is 2.22. The molecule has 0 fully saturated rings. The van der Waals surface area contributed by atoms with E-state index in [1.165, 1.54) is 6.07 Å². The lowest BCUT2D eigenvalue weighted by Gasteiger charge is -1.97. The largest absolute Gasteiger partial charge is 0.508 e. The van der Waals surface area contributed by atoms with Crippen LogP contribution < -0.4 is 0 Å². The van der Waals surface area contributed by atoms with Gasteiger partial charge in [0.15, 0.2) is 0 Å². The first-order valence-corrected chi connectivity index (χ1v) is 3.05. The highest BCUT2D eigenvalue weighted by Gasteiger charge is 2.11. The zero-order chi connectivity index (χ0) is 9.14. The van der Waals surface area contributed by atoms with Crippen molar-refractivity contribution in [3.8, 4) is 11.5 Å². The second-order valence-corrected chi connectivity index (χ2v) is 2.10. The summed E-state index contributed by atoms with van der Waals surface area (Å²) in [5.41, 5.74) is -0.301. The predicted molar refractivity (Wildman–Crippen MR) is 39.9 cm³/mol. The Kier molecular flexibility index (Phi) is 2.05. The Labute approximate surface area is 67.2 Å². The van der Waals surface area contributed by atoms with Crippen molar-refractivity contribution in [1.29, 1.82) is 0 Å². The molecule has 1 aromatic carbocycles. The van der Waals surface area contributed by atoms with E-state index in [1.54, 1.807) is 0 Å². The van der Waals surface area contributed by atoms with Gasteiger partial charge >= 0.3 is 5.91 Å². The maximum absolute atomic E-state index is 10.6. The van der Waals surface area contributed by atoms with Crippen molar-refractivity contribution in [3.05, 3.63) is 28.7 Å². The lowest BCUT2D eigenvalue weighted by molar-refractivity contribution is 0.0998. The number of phenols is 2. The average Bonchev–Trinajstić information content (AvgIpc) is 2.08. The number of hydrogen-bond acceptors (Lipinski definition) is 4. The minimum absolute atomic E-state index is 0.209. The number of amides is 1. The lowest BCUT2D eigenvalue weighted by Crippen LogP contribution is -1.93. The number of aromatic hydroxyl groups is 2. The molecule has 12 heavy (non-hydrogen) atoms. The fraction of sp³-hybridized carbons (Fsp3) is 0. The first-order valence-electron chi connectivity index (χ1n) is 3.05. The molecule has 0 bridgehead atoms. The van der Waals surface area contributed by atoms with Gasteiger partial charge in [0.1, 0.15) is 11.5 Å². The van der Waals surface area contributed by atoms with Crippen LogP contribution in [0.25, 0.3) is 0 Å². The van der Waals surface area contributed by atoms with E-state index in [0.29, 0.717) is 0 Å². The van der Waals surface area contributed by atoms with Crippen molar-refractivity contribution >= 4 is 5.91 Å². The molecule has 1 aromatic rings. The Morgan fingerprint density at radius 2 is 2.00 bits per heavy atom. The topological polar surface area (TPSA) is 87.0 Å². The summed E-state index contributed by atoms with van der Waals surface area (Å²) in [6.07, 6.45) is 0. The van der Waals surface area contributed by atoms with E-state index in [-0.39, 0.29) is 17.1 Å². The number of nitroso groups, excluding NO2 is 1. The highest BCUT2D eigenvalue weighted by molar-refractivity contribution is 5.97. The SMILES string of the molecule is O=NC(=O)c1cc(O)ccc1O. The molecule has 1 amide bonds. The van der Waals surface area contributed by atoms with Crippen LogP contribution in [0.4, 0.5) is 0 Å². The maximum Gasteiger partial charge on any atom is 0.320 e. The first kappa shape index (κ1) is 8.19. The first-order chi connectivity index (χ1) is 5.65. The molecular formula is C7H5NO4. The second kappa shape index (κ2) is 3.00. The summed E-state index contributed by atoms with van der Waals surface area (Å²) in [6, 6.07) is 3.27. The molecule has 0 heterocycles. The third-order valence-electron chi connectivity index (χ3n) is 1.29. The van der Waals surface area contributed by atoms with Crippen LogP contribution >= 0.6 is 0 Å². The van der Waals surface area contributed by atoms with Crippen LogP contribution in [0.5, 0.6) is 11.5 Å². The molecule has 5 nitrogen and oxygen atoms in total. The lowest BCUT2D eigenvalue weighted by atomic mass is 10.2. The molecule has 2 N–H and O–H groups in total. The molecule has 62 valence electrons. The van der Waals surface area contributed by atoms with E-state index in [1.807, 2.05) is 0 Å². The summed E-state index contributed by atoms with van der Waals surface area (Å²) in [5.74, 6) is -1.69. The van der Waals surface area contributed by atoms with Gasteiger partial charge in [0.05, 0.1) is 5.56 Å². The molecule has 0 radical (unpaired) electrons. The van der Waals surface area contributed by atoms with Gasteiger partial charge in [-0.2, -0.15) is 0 Å². The van der Waals surface area contributed by atoms with E-state index in [9.17, 15) is 9.70 Å². The van der Waals surface area contributed by atoms with Crippen LogP contribution in [0.3, 0.4) is 0 Å². The number of benzene rings is 1. The van der Waals surface area contributed by atoms with E-state index in [4.69, 9.17) is 10.2 Å². The molecule has 0 aromatic heterocycles. The van der Waals surface area contributed by atoms with Crippen molar-refractivity contribution < 1.29 is 15.0 Å². The Bertz CT molecular complexity index is 334. The highest BCUT2D eigenvalue weighted by atomic mass is 16.3. The van der Waals surface area contributed by atoms with Gasteiger partial charge in [-0.05, 0) is 18.2 Å². The number of phenolic OH excluding ortho intramolecular Hbond substituents is 2. The fourth-order valence-electron chi connectivity index (χ4n) is 0.745. The van der Waals surface area contributed by atoms with Gasteiger partial charge in [-0.3, -0.25) is 4.79 Å². The Morgan fingerprint density at radius 1 is 1.33 bits per heavy atom. The van der Waals surface area contributed by atoms with Crippen LogP contribution in [-0.4, -0.2) is 16.1 Å². The number of carbonyl (C=O) groups is 1. The fourth-order valence-corrected chi connectivity index (χ4v) is 0.745. The molecule has 0 saturated carbocycles. The van der Waals surface area contributed by atoms with Gasteiger partial charge in [-0.15, -0.1) is 4.91 Å². The van der Waals surface area contributed by atoms with Crippen LogP contribution in [0, 0.1) is 4.91 Å². The van der Waals surface area contributed by atoms with Gasteiger partial charge < -0.3 is 10.2 Å². The zero-order valence-corrected chi connectivity index (χ0v) is 5.89. The normalized spacial score (nSPS) is 9.33.